The van der Waals surface area contributed by atoms with Gasteiger partial charge in [0.1, 0.15) is 0 Å². The predicted molar refractivity (Wildman–Crippen MR) is 89.5 cm³/mol. The molecule has 1 aromatic rings. The molecular formula is C16H20Cl2N2O2. The van der Waals surface area contributed by atoms with Crippen molar-refractivity contribution in [1.29, 1.82) is 0 Å². The first-order valence-electron chi connectivity index (χ1n) is 7.50. The van der Waals surface area contributed by atoms with E-state index >= 15 is 0 Å². The molecule has 1 saturated heterocycles. The fourth-order valence-corrected chi connectivity index (χ4v) is 2.92. The number of likely N-dealkylation sites (tertiary alicyclic amines) is 1. The summed E-state index contributed by atoms with van der Waals surface area (Å²) in [6.45, 7) is 3.48. The standard InChI is InChI=1S/C16H20Cl2N2O2/c1-12(21)20(13-5-6-14(17)15(18)11-13)10-7-16(22)19-8-3-2-4-9-19/h5-6,11H,2-4,7-10H2,1H3. The van der Waals surface area contributed by atoms with Crippen molar-refractivity contribution in [3.05, 3.63) is 28.2 Å². The maximum atomic E-state index is 12.2. The fourth-order valence-electron chi connectivity index (χ4n) is 2.63. The van der Waals surface area contributed by atoms with Crippen molar-refractivity contribution in [1.82, 2.24) is 4.90 Å². The number of hydrogen-bond donors (Lipinski definition) is 0. The van der Waals surface area contributed by atoms with E-state index in [2.05, 4.69) is 0 Å². The summed E-state index contributed by atoms with van der Waals surface area (Å²) in [7, 11) is 0. The molecule has 6 heteroatoms. The van der Waals surface area contributed by atoms with Gasteiger partial charge >= 0.3 is 0 Å². The molecule has 120 valence electrons. The van der Waals surface area contributed by atoms with E-state index in [1.165, 1.54) is 13.3 Å². The van der Waals surface area contributed by atoms with Crippen molar-refractivity contribution in [3.8, 4) is 0 Å². The number of carbonyl (C=O) groups is 2. The molecular weight excluding hydrogens is 323 g/mol. The van der Waals surface area contributed by atoms with Gasteiger partial charge in [-0.05, 0) is 37.5 Å². The molecule has 0 bridgehead atoms. The van der Waals surface area contributed by atoms with Gasteiger partial charge in [0, 0.05) is 38.7 Å². The Kier molecular flexibility index (Phi) is 6.09. The second kappa shape index (κ2) is 7.84. The number of carbonyl (C=O) groups excluding carboxylic acids is 2. The molecule has 1 heterocycles. The first-order chi connectivity index (χ1) is 10.5. The average molecular weight is 343 g/mol. The number of nitrogens with zero attached hydrogens (tertiary/aromatic N) is 2. The maximum Gasteiger partial charge on any atom is 0.224 e. The lowest BCUT2D eigenvalue weighted by atomic mass is 10.1. The molecule has 0 N–H and O–H groups in total. The van der Waals surface area contributed by atoms with Crippen molar-refractivity contribution in [2.75, 3.05) is 24.5 Å². The second-order valence-electron chi connectivity index (χ2n) is 5.46. The summed E-state index contributed by atoms with van der Waals surface area (Å²) in [5.74, 6) is -0.0177. The Labute approximate surface area is 141 Å². The fraction of sp³-hybridized carbons (Fsp3) is 0.500. The largest absolute Gasteiger partial charge is 0.343 e. The summed E-state index contributed by atoms with van der Waals surface area (Å²) in [6.07, 6.45) is 3.64. The monoisotopic (exact) mass is 342 g/mol. The van der Waals surface area contributed by atoms with Gasteiger partial charge < -0.3 is 9.80 Å². The lowest BCUT2D eigenvalue weighted by Crippen LogP contribution is -2.38. The zero-order valence-corrected chi connectivity index (χ0v) is 14.2. The summed E-state index contributed by atoms with van der Waals surface area (Å²) in [5.41, 5.74) is 0.661. The number of amides is 2. The van der Waals surface area contributed by atoms with Crippen molar-refractivity contribution < 1.29 is 9.59 Å². The molecule has 2 rings (SSSR count). The Morgan fingerprint density at radius 1 is 1.14 bits per heavy atom. The van der Waals surface area contributed by atoms with Crippen LogP contribution in [0.5, 0.6) is 0 Å². The number of benzene rings is 1. The van der Waals surface area contributed by atoms with Crippen LogP contribution in [0.2, 0.25) is 10.0 Å². The molecule has 0 radical (unpaired) electrons. The maximum absolute atomic E-state index is 12.2. The predicted octanol–water partition coefficient (Wildman–Crippen LogP) is 3.75. The molecule has 1 aliphatic heterocycles. The van der Waals surface area contributed by atoms with Gasteiger partial charge in [-0.15, -0.1) is 0 Å². The SMILES string of the molecule is CC(=O)N(CCC(=O)N1CCCCC1)c1ccc(Cl)c(Cl)c1. The Bertz CT molecular complexity index is 557. The minimum absolute atomic E-state index is 0.103. The summed E-state index contributed by atoms with van der Waals surface area (Å²) in [6, 6.07) is 5.04. The number of anilines is 1. The molecule has 1 fully saturated rings. The van der Waals surface area contributed by atoms with Gasteiger partial charge in [-0.1, -0.05) is 23.2 Å². The van der Waals surface area contributed by atoms with Crippen LogP contribution in [0.15, 0.2) is 18.2 Å². The van der Waals surface area contributed by atoms with Crippen molar-refractivity contribution in [2.45, 2.75) is 32.6 Å². The van der Waals surface area contributed by atoms with Gasteiger partial charge in [-0.25, -0.2) is 0 Å². The average Bonchev–Trinajstić information content (AvgIpc) is 2.51. The van der Waals surface area contributed by atoms with Crippen molar-refractivity contribution in [2.24, 2.45) is 0 Å². The van der Waals surface area contributed by atoms with Crippen LogP contribution in [0.1, 0.15) is 32.6 Å². The van der Waals surface area contributed by atoms with Crippen molar-refractivity contribution >= 4 is 40.7 Å². The van der Waals surface area contributed by atoms with Gasteiger partial charge in [-0.3, -0.25) is 9.59 Å². The van der Waals surface area contributed by atoms with Crippen molar-refractivity contribution in [3.63, 3.8) is 0 Å². The lowest BCUT2D eigenvalue weighted by molar-refractivity contribution is -0.131. The Morgan fingerprint density at radius 2 is 1.82 bits per heavy atom. The molecule has 0 spiro atoms. The number of hydrogen-bond acceptors (Lipinski definition) is 2. The molecule has 0 atom stereocenters. The van der Waals surface area contributed by atoms with Crippen LogP contribution in [0.3, 0.4) is 0 Å². The molecule has 1 aromatic carbocycles. The molecule has 4 nitrogen and oxygen atoms in total. The van der Waals surface area contributed by atoms with E-state index in [4.69, 9.17) is 23.2 Å². The number of rotatable bonds is 4. The molecule has 2 amide bonds. The highest BCUT2D eigenvalue weighted by Gasteiger charge is 2.19. The third-order valence-electron chi connectivity index (χ3n) is 3.85. The van der Waals surface area contributed by atoms with Crippen LogP contribution in [0.25, 0.3) is 0 Å². The molecule has 0 aliphatic carbocycles. The topological polar surface area (TPSA) is 40.6 Å². The van der Waals surface area contributed by atoms with Gasteiger partial charge in [0.15, 0.2) is 0 Å². The molecule has 0 saturated carbocycles. The van der Waals surface area contributed by atoms with Crippen LogP contribution in [0, 0.1) is 0 Å². The highest BCUT2D eigenvalue weighted by molar-refractivity contribution is 6.42. The smallest absolute Gasteiger partial charge is 0.224 e. The molecule has 0 unspecified atom stereocenters. The normalized spacial score (nSPS) is 14.8. The second-order valence-corrected chi connectivity index (χ2v) is 6.27. The Hall–Kier alpha value is -1.26. The summed E-state index contributed by atoms with van der Waals surface area (Å²) in [4.78, 5) is 27.5. The zero-order valence-electron chi connectivity index (χ0n) is 12.6. The highest BCUT2D eigenvalue weighted by Crippen LogP contribution is 2.27. The third-order valence-corrected chi connectivity index (χ3v) is 4.59. The van der Waals surface area contributed by atoms with Crippen LogP contribution in [-0.4, -0.2) is 36.3 Å². The minimum Gasteiger partial charge on any atom is -0.343 e. The van der Waals surface area contributed by atoms with E-state index in [1.54, 1.807) is 23.1 Å². The molecule has 1 aliphatic rings. The van der Waals surface area contributed by atoms with Gasteiger partial charge in [-0.2, -0.15) is 0 Å². The van der Waals surface area contributed by atoms with Gasteiger partial charge in [0.25, 0.3) is 0 Å². The van der Waals surface area contributed by atoms with Gasteiger partial charge in [0.2, 0.25) is 11.8 Å². The van der Waals surface area contributed by atoms with E-state index in [0.29, 0.717) is 28.7 Å². The van der Waals surface area contributed by atoms with E-state index in [1.807, 2.05) is 4.90 Å². The summed E-state index contributed by atoms with van der Waals surface area (Å²) in [5, 5.41) is 0.839. The van der Waals surface area contributed by atoms with E-state index in [-0.39, 0.29) is 11.8 Å². The van der Waals surface area contributed by atoms with Gasteiger partial charge in [0.05, 0.1) is 10.0 Å². The van der Waals surface area contributed by atoms with E-state index in [0.717, 1.165) is 25.9 Å². The lowest BCUT2D eigenvalue weighted by Gasteiger charge is -2.28. The van der Waals surface area contributed by atoms with E-state index in [9.17, 15) is 9.59 Å². The van der Waals surface area contributed by atoms with E-state index < -0.39 is 0 Å². The minimum atomic E-state index is -0.121. The first kappa shape index (κ1) is 17.1. The molecule has 0 aromatic heterocycles. The first-order valence-corrected chi connectivity index (χ1v) is 8.25. The number of halogens is 2. The third kappa shape index (κ3) is 4.37. The summed E-state index contributed by atoms with van der Waals surface area (Å²) < 4.78 is 0. The number of piperidine rings is 1. The van der Waals surface area contributed by atoms with Crippen LogP contribution in [-0.2, 0) is 9.59 Å². The quantitative estimate of drug-likeness (QED) is 0.835. The van der Waals surface area contributed by atoms with Crippen LogP contribution >= 0.6 is 23.2 Å². The van der Waals surface area contributed by atoms with Crippen LogP contribution < -0.4 is 4.90 Å². The van der Waals surface area contributed by atoms with Crippen LogP contribution in [0.4, 0.5) is 5.69 Å². The summed E-state index contributed by atoms with van der Waals surface area (Å²) >= 11 is 11.9. The highest BCUT2D eigenvalue weighted by atomic mass is 35.5. The Morgan fingerprint density at radius 3 is 2.41 bits per heavy atom. The zero-order chi connectivity index (χ0) is 16.1. The molecule has 22 heavy (non-hydrogen) atoms. The Balaban J connectivity index is 2.01.